The number of aromatic nitrogens is 2. The van der Waals surface area contributed by atoms with Crippen LogP contribution in [0.15, 0.2) is 42.6 Å². The molecule has 0 aliphatic carbocycles. The normalized spacial score (nSPS) is 11.2. The van der Waals surface area contributed by atoms with Crippen molar-refractivity contribution in [2.75, 3.05) is 0 Å². The van der Waals surface area contributed by atoms with Gasteiger partial charge in [-0.15, -0.1) is 0 Å². The molecule has 68 valence electrons. The zero-order chi connectivity index (χ0) is 9.54. The first kappa shape index (κ1) is 7.56. The van der Waals surface area contributed by atoms with Gasteiger partial charge in [0.2, 0.25) is 0 Å². The van der Waals surface area contributed by atoms with Crippen molar-refractivity contribution >= 4 is 16.6 Å². The summed E-state index contributed by atoms with van der Waals surface area (Å²) in [4.78, 5) is 4.56. The highest BCUT2D eigenvalue weighted by Crippen LogP contribution is 2.17. The van der Waals surface area contributed by atoms with Crippen LogP contribution in [0.1, 0.15) is 5.69 Å². The Kier molecular flexibility index (Phi) is 1.39. The SMILES string of the molecule is Cc1nc2ccccc2n2cccc12. The van der Waals surface area contributed by atoms with Gasteiger partial charge in [0.25, 0.3) is 0 Å². The zero-order valence-electron chi connectivity index (χ0n) is 7.94. The number of para-hydroxylation sites is 2. The van der Waals surface area contributed by atoms with E-state index in [4.69, 9.17) is 0 Å². The Labute approximate surface area is 81.8 Å². The molecule has 0 N–H and O–H groups in total. The number of hydrogen-bond donors (Lipinski definition) is 0. The fourth-order valence-electron chi connectivity index (χ4n) is 1.89. The monoisotopic (exact) mass is 182 g/mol. The minimum atomic E-state index is 1.05. The van der Waals surface area contributed by atoms with Crippen LogP contribution < -0.4 is 0 Å². The van der Waals surface area contributed by atoms with Crippen molar-refractivity contribution in [3.05, 3.63) is 48.3 Å². The van der Waals surface area contributed by atoms with Gasteiger partial charge in [0.15, 0.2) is 0 Å². The van der Waals surface area contributed by atoms with Crippen molar-refractivity contribution in [2.45, 2.75) is 6.92 Å². The Balaban J connectivity index is 2.66. The van der Waals surface area contributed by atoms with Crippen molar-refractivity contribution in [1.82, 2.24) is 9.38 Å². The highest BCUT2D eigenvalue weighted by Gasteiger charge is 2.02. The van der Waals surface area contributed by atoms with Gasteiger partial charge in [-0.3, -0.25) is 0 Å². The summed E-state index contributed by atoms with van der Waals surface area (Å²) < 4.78 is 2.18. The zero-order valence-corrected chi connectivity index (χ0v) is 7.94. The van der Waals surface area contributed by atoms with Crippen molar-refractivity contribution in [1.29, 1.82) is 0 Å². The van der Waals surface area contributed by atoms with Crippen LogP contribution in [0.2, 0.25) is 0 Å². The maximum atomic E-state index is 4.56. The van der Waals surface area contributed by atoms with Crippen LogP contribution in [-0.4, -0.2) is 9.38 Å². The maximum Gasteiger partial charge on any atom is 0.0874 e. The van der Waals surface area contributed by atoms with Crippen LogP contribution >= 0.6 is 0 Å². The maximum absolute atomic E-state index is 4.56. The van der Waals surface area contributed by atoms with Crippen LogP contribution in [0.5, 0.6) is 0 Å². The number of fused-ring (bicyclic) bond motifs is 3. The lowest BCUT2D eigenvalue weighted by Crippen LogP contribution is -1.92. The number of rotatable bonds is 0. The van der Waals surface area contributed by atoms with Gasteiger partial charge in [0.05, 0.1) is 22.2 Å². The number of hydrogen-bond acceptors (Lipinski definition) is 1. The van der Waals surface area contributed by atoms with E-state index in [2.05, 4.69) is 33.8 Å². The van der Waals surface area contributed by atoms with Crippen molar-refractivity contribution in [2.24, 2.45) is 0 Å². The summed E-state index contributed by atoms with van der Waals surface area (Å²) in [6.45, 7) is 2.04. The second-order valence-electron chi connectivity index (χ2n) is 3.45. The van der Waals surface area contributed by atoms with Crippen molar-refractivity contribution < 1.29 is 0 Å². The molecule has 0 saturated heterocycles. The van der Waals surface area contributed by atoms with E-state index < -0.39 is 0 Å². The summed E-state index contributed by atoms with van der Waals surface area (Å²) in [5, 5.41) is 0. The molecule has 0 radical (unpaired) electrons. The predicted molar refractivity (Wildman–Crippen MR) is 57.4 cm³/mol. The molecule has 2 aromatic heterocycles. The largest absolute Gasteiger partial charge is 0.313 e. The van der Waals surface area contributed by atoms with Crippen LogP contribution in [0.3, 0.4) is 0 Å². The minimum Gasteiger partial charge on any atom is -0.313 e. The predicted octanol–water partition coefficient (Wildman–Crippen LogP) is 2.80. The highest BCUT2D eigenvalue weighted by molar-refractivity contribution is 5.79. The van der Waals surface area contributed by atoms with Gasteiger partial charge >= 0.3 is 0 Å². The number of benzene rings is 1. The molecule has 0 amide bonds. The molecule has 2 heteroatoms. The van der Waals surface area contributed by atoms with E-state index in [-0.39, 0.29) is 0 Å². The molecule has 2 nitrogen and oxygen atoms in total. The third-order valence-corrected chi connectivity index (χ3v) is 2.55. The first-order chi connectivity index (χ1) is 6.86. The standard InChI is InChI=1S/C12H10N2/c1-9-11-7-4-8-14(11)12-6-3-2-5-10(12)13-9/h2-8H,1H3. The molecule has 0 spiro atoms. The molecule has 3 aromatic rings. The molecule has 0 atom stereocenters. The smallest absolute Gasteiger partial charge is 0.0874 e. The van der Waals surface area contributed by atoms with Crippen molar-refractivity contribution in [3.8, 4) is 0 Å². The molecule has 3 rings (SSSR count). The average molecular weight is 182 g/mol. The minimum absolute atomic E-state index is 1.05. The molecular formula is C12H10N2. The third kappa shape index (κ3) is 0.880. The molecule has 0 aliphatic rings. The van der Waals surface area contributed by atoms with Gasteiger partial charge < -0.3 is 4.40 Å². The van der Waals surface area contributed by atoms with Crippen LogP contribution in [-0.2, 0) is 0 Å². The van der Waals surface area contributed by atoms with Crippen LogP contribution in [0, 0.1) is 6.92 Å². The van der Waals surface area contributed by atoms with E-state index in [1.807, 2.05) is 25.1 Å². The first-order valence-electron chi connectivity index (χ1n) is 4.69. The highest BCUT2D eigenvalue weighted by atomic mass is 14.9. The summed E-state index contributed by atoms with van der Waals surface area (Å²) in [6.07, 6.45) is 2.08. The van der Waals surface area contributed by atoms with E-state index in [1.165, 1.54) is 5.52 Å². The molecule has 0 saturated carbocycles. The molecule has 0 bridgehead atoms. The lowest BCUT2D eigenvalue weighted by atomic mass is 10.2. The summed E-state index contributed by atoms with van der Waals surface area (Å²) in [5.41, 5.74) is 4.48. The van der Waals surface area contributed by atoms with Gasteiger partial charge in [0, 0.05) is 6.20 Å². The summed E-state index contributed by atoms with van der Waals surface area (Å²) >= 11 is 0. The first-order valence-corrected chi connectivity index (χ1v) is 4.69. The summed E-state index contributed by atoms with van der Waals surface area (Å²) in [5.74, 6) is 0. The topological polar surface area (TPSA) is 17.3 Å². The van der Waals surface area contributed by atoms with E-state index in [9.17, 15) is 0 Å². The lowest BCUT2D eigenvalue weighted by Gasteiger charge is -2.04. The molecule has 0 aliphatic heterocycles. The second kappa shape index (κ2) is 2.58. The second-order valence-corrected chi connectivity index (χ2v) is 3.45. The molecule has 0 fully saturated rings. The third-order valence-electron chi connectivity index (χ3n) is 2.55. The van der Waals surface area contributed by atoms with E-state index >= 15 is 0 Å². The lowest BCUT2D eigenvalue weighted by molar-refractivity contribution is 1.17. The number of aryl methyl sites for hydroxylation is 1. The summed E-state index contributed by atoms with van der Waals surface area (Å²) in [6, 6.07) is 12.3. The van der Waals surface area contributed by atoms with Crippen LogP contribution in [0.25, 0.3) is 16.6 Å². The van der Waals surface area contributed by atoms with Gasteiger partial charge in [-0.1, -0.05) is 12.1 Å². The Morgan fingerprint density at radius 3 is 2.71 bits per heavy atom. The van der Waals surface area contributed by atoms with E-state index in [0.29, 0.717) is 0 Å². The van der Waals surface area contributed by atoms with Gasteiger partial charge in [-0.2, -0.15) is 0 Å². The molecule has 1 aromatic carbocycles. The Hall–Kier alpha value is -1.83. The molecule has 2 heterocycles. The Bertz CT molecular complexity index is 608. The fourth-order valence-corrected chi connectivity index (χ4v) is 1.89. The van der Waals surface area contributed by atoms with E-state index in [0.717, 1.165) is 16.7 Å². The quantitative estimate of drug-likeness (QED) is 0.522. The molecule has 0 unspecified atom stereocenters. The molecular weight excluding hydrogens is 172 g/mol. The number of nitrogens with zero attached hydrogens (tertiary/aromatic N) is 2. The van der Waals surface area contributed by atoms with Crippen LogP contribution in [0.4, 0.5) is 0 Å². The average Bonchev–Trinajstić information content (AvgIpc) is 2.67. The van der Waals surface area contributed by atoms with Crippen molar-refractivity contribution in [3.63, 3.8) is 0 Å². The Morgan fingerprint density at radius 1 is 1.00 bits per heavy atom. The Morgan fingerprint density at radius 2 is 1.79 bits per heavy atom. The van der Waals surface area contributed by atoms with E-state index in [1.54, 1.807) is 0 Å². The molecule has 14 heavy (non-hydrogen) atoms. The van der Waals surface area contributed by atoms with Gasteiger partial charge in [-0.05, 0) is 31.2 Å². The fraction of sp³-hybridized carbons (Fsp3) is 0.0833. The van der Waals surface area contributed by atoms with Gasteiger partial charge in [0.1, 0.15) is 0 Å². The summed E-state index contributed by atoms with van der Waals surface area (Å²) in [7, 11) is 0. The van der Waals surface area contributed by atoms with Gasteiger partial charge in [-0.25, -0.2) is 4.98 Å².